The molecule has 0 fully saturated rings. The van der Waals surface area contributed by atoms with E-state index in [1.807, 2.05) is 0 Å². The zero-order valence-electron chi connectivity index (χ0n) is 28.1. The van der Waals surface area contributed by atoms with Gasteiger partial charge in [-0.15, -0.1) is 0 Å². The Labute approximate surface area is 269 Å². The molecule has 0 aromatic carbocycles. The summed E-state index contributed by atoms with van der Waals surface area (Å²) in [4.78, 5) is 22.4. The van der Waals surface area contributed by atoms with Gasteiger partial charge >= 0.3 is 13.8 Å². The Morgan fingerprint density at radius 2 is 1.18 bits per heavy atom. The fraction of sp³-hybridized carbons (Fsp3) is 0.912. The molecule has 0 saturated carbocycles. The van der Waals surface area contributed by atoms with Crippen molar-refractivity contribution in [3.63, 3.8) is 0 Å². The predicted octanol–water partition coefficient (Wildman–Crippen LogP) is 8.58. The zero-order valence-corrected chi connectivity index (χ0v) is 29.0. The van der Waals surface area contributed by atoms with Gasteiger partial charge in [-0.1, -0.05) is 129 Å². The van der Waals surface area contributed by atoms with Crippen LogP contribution >= 0.6 is 7.82 Å². The monoisotopic (exact) mass is 650 g/mol. The van der Waals surface area contributed by atoms with Crippen molar-refractivity contribution in [3.8, 4) is 0 Å². The number of rotatable bonds is 34. The van der Waals surface area contributed by atoms with E-state index in [4.69, 9.17) is 23.6 Å². The van der Waals surface area contributed by atoms with Crippen LogP contribution in [0, 0.1) is 0 Å². The molecular weight excluding hydrogens is 583 g/mol. The van der Waals surface area contributed by atoms with Gasteiger partial charge in [-0.25, -0.2) is 4.57 Å². The summed E-state index contributed by atoms with van der Waals surface area (Å²) in [5.74, 6) is -0.386. The molecule has 0 radical (unpaired) electrons. The number of carbonyl (C=O) groups excluding carboxylic acids is 1. The summed E-state index contributed by atoms with van der Waals surface area (Å²) in [7, 11) is -4.50. The van der Waals surface area contributed by atoms with Crippen LogP contribution in [0.5, 0.6) is 0 Å². The highest BCUT2D eigenvalue weighted by atomic mass is 31.2. The molecule has 3 atom stereocenters. The van der Waals surface area contributed by atoms with Crippen LogP contribution in [0.2, 0.25) is 0 Å². The Bertz CT molecular complexity index is 704. The maximum absolute atomic E-state index is 12.5. The van der Waals surface area contributed by atoms with E-state index in [9.17, 15) is 19.4 Å². The normalized spacial score (nSPS) is 14.6. The number of esters is 1. The number of phosphoric ester groups is 1. The first-order valence-corrected chi connectivity index (χ1v) is 19.2. The van der Waals surface area contributed by atoms with Crippen LogP contribution in [-0.2, 0) is 27.9 Å². The van der Waals surface area contributed by atoms with Crippen LogP contribution in [-0.4, -0.2) is 66.3 Å². The van der Waals surface area contributed by atoms with Crippen LogP contribution in [0.25, 0.3) is 0 Å². The van der Waals surface area contributed by atoms with Crippen LogP contribution in [0.4, 0.5) is 0 Å². The smallest absolute Gasteiger partial charge is 0.457 e. The molecule has 0 amide bonds. The third-order valence-electron chi connectivity index (χ3n) is 7.45. The van der Waals surface area contributed by atoms with Crippen molar-refractivity contribution < 1.29 is 43.0 Å². The van der Waals surface area contributed by atoms with Crippen LogP contribution in [0.3, 0.4) is 0 Å². The zero-order chi connectivity index (χ0) is 32.6. The number of phosphoric acid groups is 1. The maximum atomic E-state index is 12.5. The lowest BCUT2D eigenvalue weighted by Crippen LogP contribution is -2.29. The highest BCUT2D eigenvalue weighted by Crippen LogP contribution is 2.43. The third-order valence-corrected chi connectivity index (χ3v) is 8.40. The van der Waals surface area contributed by atoms with E-state index in [0.717, 1.165) is 44.9 Å². The van der Waals surface area contributed by atoms with Gasteiger partial charge in [0.2, 0.25) is 0 Å². The molecule has 0 spiro atoms. The van der Waals surface area contributed by atoms with Crippen LogP contribution in [0.15, 0.2) is 12.2 Å². The summed E-state index contributed by atoms with van der Waals surface area (Å²) in [5.41, 5.74) is 0. The average molecular weight is 651 g/mol. The Morgan fingerprint density at radius 3 is 1.77 bits per heavy atom. The average Bonchev–Trinajstić information content (AvgIpc) is 3.01. The van der Waals surface area contributed by atoms with E-state index < -0.39 is 33.2 Å². The molecule has 0 heterocycles. The molecule has 0 aromatic rings. The van der Waals surface area contributed by atoms with E-state index in [1.54, 1.807) is 0 Å². The van der Waals surface area contributed by atoms with Crippen molar-refractivity contribution in [2.24, 2.45) is 0 Å². The van der Waals surface area contributed by atoms with Gasteiger partial charge in [-0.05, 0) is 32.1 Å². The molecule has 0 bridgehead atoms. The van der Waals surface area contributed by atoms with Gasteiger partial charge in [0, 0.05) is 13.0 Å². The fourth-order valence-corrected chi connectivity index (χ4v) is 5.48. The first kappa shape index (κ1) is 43.2. The molecule has 0 saturated heterocycles. The summed E-state index contributed by atoms with van der Waals surface area (Å²) in [6.07, 6.45) is 27.4. The van der Waals surface area contributed by atoms with Gasteiger partial charge in [0.25, 0.3) is 0 Å². The van der Waals surface area contributed by atoms with Gasteiger partial charge in [0.05, 0.1) is 26.4 Å². The third kappa shape index (κ3) is 31.2. The molecule has 0 aliphatic rings. The lowest BCUT2D eigenvalue weighted by molar-refractivity contribution is -0.154. The Morgan fingerprint density at radius 1 is 0.682 bits per heavy atom. The van der Waals surface area contributed by atoms with E-state index in [0.29, 0.717) is 6.61 Å². The number of hydrogen-bond donors (Lipinski definition) is 3. The molecule has 0 rings (SSSR count). The first-order valence-electron chi connectivity index (χ1n) is 17.7. The number of hydrogen-bond acceptors (Lipinski definition) is 8. The lowest BCUT2D eigenvalue weighted by Gasteiger charge is -2.20. The Hall–Kier alpha value is -0.800. The Balaban J connectivity index is 4.27. The van der Waals surface area contributed by atoms with Gasteiger partial charge in [0.1, 0.15) is 12.2 Å². The minimum atomic E-state index is -4.50. The van der Waals surface area contributed by atoms with Crippen LogP contribution in [0.1, 0.15) is 155 Å². The molecular formula is C34H67O9P. The van der Waals surface area contributed by atoms with Crippen molar-refractivity contribution in [1.82, 2.24) is 0 Å². The second kappa shape index (κ2) is 32.2. The molecule has 3 N–H and O–H groups in total. The van der Waals surface area contributed by atoms with Crippen LogP contribution < -0.4 is 0 Å². The Kier molecular flexibility index (Phi) is 31.6. The number of aliphatic hydroxyl groups is 2. The van der Waals surface area contributed by atoms with Crippen molar-refractivity contribution >= 4 is 13.8 Å². The second-order valence-electron chi connectivity index (χ2n) is 11.9. The van der Waals surface area contributed by atoms with Gasteiger partial charge in [0.15, 0.2) is 0 Å². The summed E-state index contributed by atoms with van der Waals surface area (Å²) in [6, 6.07) is 0. The predicted molar refractivity (Wildman–Crippen MR) is 178 cm³/mol. The van der Waals surface area contributed by atoms with Gasteiger partial charge in [-0.2, -0.15) is 0 Å². The molecule has 0 aromatic heterocycles. The number of allylic oxidation sites excluding steroid dienone is 2. The highest BCUT2D eigenvalue weighted by molar-refractivity contribution is 7.47. The summed E-state index contributed by atoms with van der Waals surface area (Å²) in [6.45, 7) is 3.46. The number of ether oxygens (including phenoxy) is 2. The standard InChI is InChI=1S/C34H67O9P/c1-3-5-7-9-11-13-15-17-19-21-23-25-27-40-30-33(31-42-44(38,39)41-29-32(36)28-35)43-34(37)26-24-22-20-18-16-14-12-10-8-6-4-2/h9,11,32-33,35-36H,3-8,10,12-31H2,1-2H3,(H,38,39)/b11-9-. The number of carbonyl (C=O) groups is 1. The summed E-state index contributed by atoms with van der Waals surface area (Å²) in [5, 5.41) is 18.2. The fourth-order valence-electron chi connectivity index (χ4n) is 4.69. The minimum absolute atomic E-state index is 0.0492. The molecule has 0 aliphatic heterocycles. The quantitative estimate of drug-likeness (QED) is 0.0271. The summed E-state index contributed by atoms with van der Waals surface area (Å²) < 4.78 is 33.1. The van der Waals surface area contributed by atoms with Crippen molar-refractivity contribution in [2.45, 2.75) is 167 Å². The second-order valence-corrected chi connectivity index (χ2v) is 13.3. The molecule has 262 valence electrons. The lowest BCUT2D eigenvalue weighted by atomic mass is 10.1. The number of unbranched alkanes of at least 4 members (excludes halogenated alkanes) is 18. The van der Waals surface area contributed by atoms with Crippen molar-refractivity contribution in [2.75, 3.05) is 33.0 Å². The van der Waals surface area contributed by atoms with E-state index in [1.165, 1.54) is 89.9 Å². The number of aliphatic hydroxyl groups excluding tert-OH is 2. The first-order chi connectivity index (χ1) is 21.3. The van der Waals surface area contributed by atoms with Crippen molar-refractivity contribution in [3.05, 3.63) is 12.2 Å². The SMILES string of the molecule is CCCC/C=C\CCCCCCCCOCC(COP(=O)(O)OCC(O)CO)OC(=O)CCCCCCCCCCCCC. The maximum Gasteiger partial charge on any atom is 0.472 e. The largest absolute Gasteiger partial charge is 0.472 e. The van der Waals surface area contributed by atoms with Crippen molar-refractivity contribution in [1.29, 1.82) is 0 Å². The van der Waals surface area contributed by atoms with E-state index in [-0.39, 0.29) is 25.6 Å². The van der Waals surface area contributed by atoms with E-state index in [2.05, 4.69) is 26.0 Å². The van der Waals surface area contributed by atoms with Gasteiger partial charge in [-0.3, -0.25) is 13.8 Å². The molecule has 44 heavy (non-hydrogen) atoms. The van der Waals surface area contributed by atoms with Gasteiger partial charge < -0.3 is 24.6 Å². The summed E-state index contributed by atoms with van der Waals surface area (Å²) >= 11 is 0. The highest BCUT2D eigenvalue weighted by Gasteiger charge is 2.26. The molecule has 9 nitrogen and oxygen atoms in total. The molecule has 10 heteroatoms. The topological polar surface area (TPSA) is 132 Å². The minimum Gasteiger partial charge on any atom is -0.457 e. The molecule has 0 aliphatic carbocycles. The molecule has 3 unspecified atom stereocenters. The van der Waals surface area contributed by atoms with E-state index >= 15 is 0 Å².